The number of rotatable bonds is 5. The summed E-state index contributed by atoms with van der Waals surface area (Å²) in [7, 11) is -1.99. The van der Waals surface area contributed by atoms with Crippen molar-refractivity contribution in [1.29, 1.82) is 0 Å². The average Bonchev–Trinajstić information content (AvgIpc) is 2.76. The van der Waals surface area contributed by atoms with Crippen molar-refractivity contribution in [2.45, 2.75) is 50.8 Å². The molecule has 0 radical (unpaired) electrons. The molecule has 1 fully saturated rings. The quantitative estimate of drug-likeness (QED) is 0.723. The standard InChI is InChI=1S/C12H22N4O3S/c1-7-11(8(6-13)15-14-7)20(17,18)16-9-5-10(19-4)12(9,2)3/h9-10,16H,5-6,13H2,1-4H3,(H,14,15). The van der Waals surface area contributed by atoms with Crippen LogP contribution in [-0.2, 0) is 21.3 Å². The molecule has 114 valence electrons. The van der Waals surface area contributed by atoms with E-state index in [0.29, 0.717) is 17.8 Å². The Labute approximate surface area is 119 Å². The van der Waals surface area contributed by atoms with E-state index in [4.69, 9.17) is 10.5 Å². The molecular weight excluding hydrogens is 280 g/mol. The van der Waals surface area contributed by atoms with Gasteiger partial charge < -0.3 is 10.5 Å². The minimum Gasteiger partial charge on any atom is -0.381 e. The molecule has 1 aliphatic carbocycles. The Morgan fingerprint density at radius 2 is 2.20 bits per heavy atom. The molecular formula is C12H22N4O3S. The molecule has 1 heterocycles. The Hall–Kier alpha value is -0.960. The van der Waals surface area contributed by atoms with Gasteiger partial charge in [0.25, 0.3) is 0 Å². The maximum absolute atomic E-state index is 12.5. The second-order valence-corrected chi connectivity index (χ2v) is 7.43. The molecule has 1 saturated carbocycles. The number of sulfonamides is 1. The predicted octanol–water partition coefficient (Wildman–Crippen LogP) is 0.269. The summed E-state index contributed by atoms with van der Waals surface area (Å²) in [5.41, 5.74) is 6.16. The van der Waals surface area contributed by atoms with Gasteiger partial charge in [0.05, 0.1) is 17.5 Å². The number of hydrogen-bond acceptors (Lipinski definition) is 5. The molecule has 1 aromatic rings. The van der Waals surface area contributed by atoms with Crippen LogP contribution in [0.25, 0.3) is 0 Å². The number of nitrogens with two attached hydrogens (primary N) is 1. The van der Waals surface area contributed by atoms with Gasteiger partial charge in [0.2, 0.25) is 10.0 Å². The predicted molar refractivity (Wildman–Crippen MR) is 74.5 cm³/mol. The van der Waals surface area contributed by atoms with Crippen LogP contribution in [-0.4, -0.2) is 37.9 Å². The number of hydrogen-bond donors (Lipinski definition) is 3. The number of H-pyrrole nitrogens is 1. The third-order valence-corrected chi connectivity index (χ3v) is 5.86. The molecule has 1 aromatic heterocycles. The molecule has 0 bridgehead atoms. The molecule has 0 aliphatic heterocycles. The van der Waals surface area contributed by atoms with Gasteiger partial charge in [-0.05, 0) is 13.3 Å². The van der Waals surface area contributed by atoms with Gasteiger partial charge in [0.1, 0.15) is 4.90 Å². The number of aromatic nitrogens is 2. The lowest BCUT2D eigenvalue weighted by Gasteiger charge is -2.50. The van der Waals surface area contributed by atoms with Crippen molar-refractivity contribution in [2.75, 3.05) is 7.11 Å². The molecule has 2 atom stereocenters. The Morgan fingerprint density at radius 3 is 2.70 bits per heavy atom. The average molecular weight is 302 g/mol. The molecule has 0 saturated heterocycles. The van der Waals surface area contributed by atoms with Crippen molar-refractivity contribution in [3.8, 4) is 0 Å². The lowest BCUT2D eigenvalue weighted by atomic mass is 9.65. The van der Waals surface area contributed by atoms with Crippen LogP contribution in [0.5, 0.6) is 0 Å². The highest BCUT2D eigenvalue weighted by Crippen LogP contribution is 2.43. The van der Waals surface area contributed by atoms with E-state index in [0.717, 1.165) is 0 Å². The van der Waals surface area contributed by atoms with Crippen LogP contribution in [0.3, 0.4) is 0 Å². The highest BCUT2D eigenvalue weighted by atomic mass is 32.2. The summed E-state index contributed by atoms with van der Waals surface area (Å²) in [5, 5.41) is 6.60. The van der Waals surface area contributed by atoms with Crippen LogP contribution in [0.1, 0.15) is 31.7 Å². The highest BCUT2D eigenvalue weighted by molar-refractivity contribution is 7.89. The maximum Gasteiger partial charge on any atom is 0.244 e. The van der Waals surface area contributed by atoms with Gasteiger partial charge in [-0.3, -0.25) is 5.10 Å². The third kappa shape index (κ3) is 2.37. The second-order valence-electron chi connectivity index (χ2n) is 5.78. The molecule has 1 aliphatic rings. The van der Waals surface area contributed by atoms with Crippen molar-refractivity contribution >= 4 is 10.0 Å². The highest BCUT2D eigenvalue weighted by Gasteiger charge is 2.50. The zero-order valence-electron chi connectivity index (χ0n) is 12.2. The summed E-state index contributed by atoms with van der Waals surface area (Å²) < 4.78 is 33.1. The van der Waals surface area contributed by atoms with Crippen molar-refractivity contribution < 1.29 is 13.2 Å². The van der Waals surface area contributed by atoms with E-state index in [9.17, 15) is 8.42 Å². The van der Waals surface area contributed by atoms with E-state index in [2.05, 4.69) is 14.9 Å². The number of nitrogens with one attached hydrogen (secondary N) is 2. The Bertz CT molecular complexity index is 594. The fraction of sp³-hybridized carbons (Fsp3) is 0.750. The molecule has 2 rings (SSSR count). The van der Waals surface area contributed by atoms with Crippen LogP contribution in [0.2, 0.25) is 0 Å². The van der Waals surface area contributed by atoms with E-state index in [1.165, 1.54) is 0 Å². The first-order valence-electron chi connectivity index (χ1n) is 6.53. The van der Waals surface area contributed by atoms with Gasteiger partial charge in [-0.2, -0.15) is 5.10 Å². The first kappa shape index (κ1) is 15.4. The van der Waals surface area contributed by atoms with Crippen molar-refractivity contribution in [3.05, 3.63) is 11.4 Å². The zero-order valence-corrected chi connectivity index (χ0v) is 13.0. The molecule has 0 aromatic carbocycles. The Balaban J connectivity index is 2.23. The largest absolute Gasteiger partial charge is 0.381 e. The van der Waals surface area contributed by atoms with E-state index >= 15 is 0 Å². The third-order valence-electron chi connectivity index (χ3n) is 4.18. The summed E-state index contributed by atoms with van der Waals surface area (Å²) >= 11 is 0. The van der Waals surface area contributed by atoms with E-state index in [1.807, 2.05) is 13.8 Å². The summed E-state index contributed by atoms with van der Waals surface area (Å²) in [6, 6.07) is -0.155. The molecule has 4 N–H and O–H groups in total. The molecule has 0 spiro atoms. The first-order valence-corrected chi connectivity index (χ1v) is 8.01. The number of nitrogens with zero attached hydrogens (tertiary/aromatic N) is 1. The van der Waals surface area contributed by atoms with Crippen LogP contribution in [0.4, 0.5) is 0 Å². The smallest absolute Gasteiger partial charge is 0.244 e. The van der Waals surface area contributed by atoms with Crippen LogP contribution >= 0.6 is 0 Å². The lowest BCUT2D eigenvalue weighted by molar-refractivity contribution is -0.0908. The van der Waals surface area contributed by atoms with Crippen molar-refractivity contribution in [3.63, 3.8) is 0 Å². The van der Waals surface area contributed by atoms with E-state index < -0.39 is 10.0 Å². The van der Waals surface area contributed by atoms with Crippen LogP contribution in [0.15, 0.2) is 4.90 Å². The van der Waals surface area contributed by atoms with E-state index in [1.54, 1.807) is 14.0 Å². The van der Waals surface area contributed by atoms with Gasteiger partial charge in [-0.1, -0.05) is 13.8 Å². The molecule has 8 heteroatoms. The van der Waals surface area contributed by atoms with Gasteiger partial charge in [0.15, 0.2) is 0 Å². The van der Waals surface area contributed by atoms with Crippen LogP contribution in [0, 0.1) is 12.3 Å². The first-order chi connectivity index (χ1) is 9.24. The van der Waals surface area contributed by atoms with Gasteiger partial charge in [0, 0.05) is 25.1 Å². The monoisotopic (exact) mass is 302 g/mol. The van der Waals surface area contributed by atoms with Gasteiger partial charge >= 0.3 is 0 Å². The molecule has 7 nitrogen and oxygen atoms in total. The minimum atomic E-state index is -3.63. The number of methoxy groups -OCH3 is 1. The van der Waals surface area contributed by atoms with Gasteiger partial charge in [-0.25, -0.2) is 13.1 Å². The Morgan fingerprint density at radius 1 is 1.55 bits per heavy atom. The SMILES string of the molecule is COC1CC(NS(=O)(=O)c2c(CN)n[nH]c2C)C1(C)C. The summed E-state index contributed by atoms with van der Waals surface area (Å²) in [6.07, 6.45) is 0.729. The van der Waals surface area contributed by atoms with Crippen molar-refractivity contribution in [1.82, 2.24) is 14.9 Å². The van der Waals surface area contributed by atoms with E-state index in [-0.39, 0.29) is 29.0 Å². The second kappa shape index (κ2) is 5.10. The Kier molecular flexibility index (Phi) is 3.94. The lowest BCUT2D eigenvalue weighted by Crippen LogP contribution is -2.61. The summed E-state index contributed by atoms with van der Waals surface area (Å²) in [5.74, 6) is 0. The number of aryl methyl sites for hydroxylation is 1. The minimum absolute atomic E-state index is 0.0645. The summed E-state index contributed by atoms with van der Waals surface area (Å²) in [6.45, 7) is 5.73. The summed E-state index contributed by atoms with van der Waals surface area (Å²) in [4.78, 5) is 0.164. The number of ether oxygens (including phenoxy) is 1. The molecule has 20 heavy (non-hydrogen) atoms. The molecule has 0 amide bonds. The van der Waals surface area contributed by atoms with Crippen LogP contribution < -0.4 is 10.5 Å². The fourth-order valence-corrected chi connectivity index (χ4v) is 4.48. The normalized spacial score (nSPS) is 25.4. The zero-order chi connectivity index (χ0) is 15.1. The van der Waals surface area contributed by atoms with Gasteiger partial charge in [-0.15, -0.1) is 0 Å². The maximum atomic E-state index is 12.5. The van der Waals surface area contributed by atoms with Crippen molar-refractivity contribution in [2.24, 2.45) is 11.1 Å². The number of aromatic amines is 1. The molecule has 2 unspecified atom stereocenters. The fourth-order valence-electron chi connectivity index (χ4n) is 2.70. The topological polar surface area (TPSA) is 110 Å².